The van der Waals surface area contributed by atoms with E-state index in [9.17, 15) is 9.18 Å². The third-order valence-corrected chi connectivity index (χ3v) is 3.64. The number of alkyl halides is 1. The summed E-state index contributed by atoms with van der Waals surface area (Å²) in [6.07, 6.45) is 0. The number of aromatic nitrogens is 2. The number of halogens is 3. The van der Waals surface area contributed by atoms with Gasteiger partial charge in [-0.3, -0.25) is 4.79 Å². The molecule has 0 radical (unpaired) electrons. The van der Waals surface area contributed by atoms with Crippen LogP contribution in [0.1, 0.15) is 5.82 Å². The van der Waals surface area contributed by atoms with E-state index in [1.54, 1.807) is 17.7 Å². The van der Waals surface area contributed by atoms with Crippen molar-refractivity contribution >= 4 is 51.1 Å². The van der Waals surface area contributed by atoms with Crippen molar-refractivity contribution in [2.45, 2.75) is 12.4 Å². The lowest BCUT2D eigenvalue weighted by Gasteiger charge is -2.06. The van der Waals surface area contributed by atoms with E-state index in [-0.39, 0.29) is 24.1 Å². The van der Waals surface area contributed by atoms with Gasteiger partial charge < -0.3 is 9.88 Å². The number of fused-ring (bicyclic) bond motifs is 1. The van der Waals surface area contributed by atoms with E-state index in [1.165, 1.54) is 6.07 Å². The molecule has 0 aliphatic carbocycles. The van der Waals surface area contributed by atoms with Gasteiger partial charge in [0, 0.05) is 13.1 Å². The number of amides is 1. The zero-order chi connectivity index (χ0) is 13.3. The van der Waals surface area contributed by atoms with Crippen molar-refractivity contribution in [2.24, 2.45) is 0 Å². The van der Waals surface area contributed by atoms with Gasteiger partial charge in [0.1, 0.15) is 18.2 Å². The van der Waals surface area contributed by atoms with Crippen LogP contribution >= 0.6 is 34.2 Å². The van der Waals surface area contributed by atoms with Crippen LogP contribution in [0.4, 0.5) is 4.39 Å². The van der Waals surface area contributed by atoms with E-state index in [1.807, 2.05) is 22.6 Å². The van der Waals surface area contributed by atoms with Crippen molar-refractivity contribution in [1.29, 1.82) is 0 Å². The van der Waals surface area contributed by atoms with E-state index in [2.05, 4.69) is 10.3 Å². The number of likely N-dealkylation sites (N-methyl/N-ethyl adjacent to an activating group) is 1. The minimum Gasteiger partial charge on any atom is -0.358 e. The Balaban J connectivity index is 2.61. The summed E-state index contributed by atoms with van der Waals surface area (Å²) in [5, 5.41) is 2.52. The minimum absolute atomic E-state index is 0.0785. The Kier molecular flexibility index (Phi) is 4.06. The van der Waals surface area contributed by atoms with Crippen LogP contribution in [0.15, 0.2) is 12.1 Å². The predicted molar refractivity (Wildman–Crippen MR) is 76.0 cm³/mol. The molecule has 0 atom stereocenters. The molecule has 2 rings (SSSR count). The highest BCUT2D eigenvalue weighted by Crippen LogP contribution is 2.22. The van der Waals surface area contributed by atoms with Crippen molar-refractivity contribution in [3.05, 3.63) is 27.3 Å². The number of carbonyl (C=O) groups is 1. The fraction of sp³-hybridized carbons (Fsp3) is 0.273. The van der Waals surface area contributed by atoms with Crippen molar-refractivity contribution in [1.82, 2.24) is 14.9 Å². The Morgan fingerprint density at radius 1 is 1.61 bits per heavy atom. The number of imidazole rings is 1. The molecule has 1 aromatic heterocycles. The van der Waals surface area contributed by atoms with Crippen LogP contribution in [0.5, 0.6) is 0 Å². The topological polar surface area (TPSA) is 46.9 Å². The molecule has 1 aromatic carbocycles. The summed E-state index contributed by atoms with van der Waals surface area (Å²) < 4.78 is 15.7. The molecule has 0 spiro atoms. The van der Waals surface area contributed by atoms with Gasteiger partial charge in [-0.15, -0.1) is 11.6 Å². The van der Waals surface area contributed by atoms with Crippen LogP contribution in [0, 0.1) is 9.39 Å². The van der Waals surface area contributed by atoms with Gasteiger partial charge in [-0.05, 0) is 28.7 Å². The minimum atomic E-state index is -0.331. The number of rotatable bonds is 3. The first-order valence-electron chi connectivity index (χ1n) is 5.17. The Morgan fingerprint density at radius 2 is 2.33 bits per heavy atom. The largest absolute Gasteiger partial charge is 0.358 e. The smallest absolute Gasteiger partial charge is 0.239 e. The van der Waals surface area contributed by atoms with Gasteiger partial charge in [-0.2, -0.15) is 0 Å². The highest BCUT2D eigenvalue weighted by Gasteiger charge is 2.14. The number of hydrogen-bond acceptors (Lipinski definition) is 2. The van der Waals surface area contributed by atoms with E-state index >= 15 is 0 Å². The van der Waals surface area contributed by atoms with Crippen molar-refractivity contribution < 1.29 is 9.18 Å². The number of nitrogens with zero attached hydrogens (tertiary/aromatic N) is 2. The molecule has 0 aliphatic heterocycles. The molecule has 1 amide bonds. The molecule has 2 aromatic rings. The van der Waals surface area contributed by atoms with Crippen LogP contribution in [0.3, 0.4) is 0 Å². The fourth-order valence-electron chi connectivity index (χ4n) is 1.67. The maximum atomic E-state index is 13.6. The van der Waals surface area contributed by atoms with E-state index < -0.39 is 0 Å². The highest BCUT2D eigenvalue weighted by molar-refractivity contribution is 14.1. The summed E-state index contributed by atoms with van der Waals surface area (Å²) >= 11 is 7.70. The molecule has 0 saturated carbocycles. The van der Waals surface area contributed by atoms with Gasteiger partial charge in [0.15, 0.2) is 0 Å². The zero-order valence-corrected chi connectivity index (χ0v) is 12.4. The van der Waals surface area contributed by atoms with Crippen LogP contribution in [0.2, 0.25) is 0 Å². The summed E-state index contributed by atoms with van der Waals surface area (Å²) in [7, 11) is 1.55. The highest BCUT2D eigenvalue weighted by atomic mass is 127. The fourth-order valence-corrected chi connectivity index (χ4v) is 2.33. The van der Waals surface area contributed by atoms with Gasteiger partial charge in [0.25, 0.3) is 0 Å². The van der Waals surface area contributed by atoms with Gasteiger partial charge in [-0.1, -0.05) is 0 Å². The number of benzene rings is 1. The van der Waals surface area contributed by atoms with Gasteiger partial charge in [0.2, 0.25) is 5.91 Å². The lowest BCUT2D eigenvalue weighted by Crippen LogP contribution is -2.24. The normalized spacial score (nSPS) is 10.9. The molecule has 7 heteroatoms. The molecule has 0 saturated heterocycles. The van der Waals surface area contributed by atoms with Gasteiger partial charge in [0.05, 0.1) is 20.5 Å². The molecule has 0 aliphatic rings. The van der Waals surface area contributed by atoms with Crippen molar-refractivity contribution in [3.63, 3.8) is 0 Å². The second-order valence-electron chi connectivity index (χ2n) is 3.68. The average Bonchev–Trinajstić information content (AvgIpc) is 2.67. The first kappa shape index (κ1) is 13.5. The monoisotopic (exact) mass is 381 g/mol. The summed E-state index contributed by atoms with van der Waals surface area (Å²) in [4.78, 5) is 15.7. The molecular weight excluding hydrogens is 371 g/mol. The Hall–Kier alpha value is -0.890. The van der Waals surface area contributed by atoms with Crippen LogP contribution < -0.4 is 5.32 Å². The van der Waals surface area contributed by atoms with Crippen LogP contribution in [-0.2, 0) is 17.2 Å². The lowest BCUT2D eigenvalue weighted by molar-refractivity contribution is -0.121. The van der Waals surface area contributed by atoms with Crippen molar-refractivity contribution in [2.75, 3.05) is 7.05 Å². The summed E-state index contributed by atoms with van der Waals surface area (Å²) in [5.74, 6) is 0.211. The SMILES string of the molecule is CNC(=O)Cn1c(CCl)nc2cc(I)c(F)cc21. The Bertz CT molecular complexity index is 614. The second kappa shape index (κ2) is 5.40. The molecule has 1 N–H and O–H groups in total. The number of carbonyl (C=O) groups excluding carboxylic acids is 1. The van der Waals surface area contributed by atoms with E-state index in [0.29, 0.717) is 20.4 Å². The summed E-state index contributed by atoms with van der Waals surface area (Å²) in [6.45, 7) is 0.0785. The van der Waals surface area contributed by atoms with Crippen LogP contribution in [0.25, 0.3) is 11.0 Å². The number of nitrogens with one attached hydrogen (secondary N) is 1. The zero-order valence-electron chi connectivity index (χ0n) is 9.51. The molecule has 0 fully saturated rings. The molecule has 18 heavy (non-hydrogen) atoms. The molecule has 0 unspecified atom stereocenters. The third kappa shape index (κ3) is 2.44. The molecule has 0 bridgehead atoms. The first-order valence-corrected chi connectivity index (χ1v) is 6.79. The van der Waals surface area contributed by atoms with Crippen molar-refractivity contribution in [3.8, 4) is 0 Å². The standard InChI is InChI=1S/C11H10ClFIN3O/c1-15-11(18)5-17-9-2-6(13)7(14)3-8(9)16-10(17)4-12/h2-3H,4-5H2,1H3,(H,15,18). The molecule has 96 valence electrons. The summed E-state index contributed by atoms with van der Waals surface area (Å²) in [6, 6.07) is 3.02. The third-order valence-electron chi connectivity index (χ3n) is 2.57. The molecule has 4 nitrogen and oxygen atoms in total. The molecule has 1 heterocycles. The lowest BCUT2D eigenvalue weighted by atomic mass is 10.3. The first-order chi connectivity index (χ1) is 8.56. The molecular formula is C11H10ClFIN3O. The van der Waals surface area contributed by atoms with Gasteiger partial charge >= 0.3 is 0 Å². The maximum absolute atomic E-state index is 13.6. The Labute approximate surface area is 122 Å². The van der Waals surface area contributed by atoms with E-state index in [4.69, 9.17) is 11.6 Å². The quantitative estimate of drug-likeness (QED) is 0.655. The van der Waals surface area contributed by atoms with Gasteiger partial charge in [-0.25, -0.2) is 9.37 Å². The Morgan fingerprint density at radius 3 is 2.94 bits per heavy atom. The number of hydrogen-bond donors (Lipinski definition) is 1. The van der Waals surface area contributed by atoms with E-state index in [0.717, 1.165) is 0 Å². The average molecular weight is 382 g/mol. The van der Waals surface area contributed by atoms with Crippen LogP contribution in [-0.4, -0.2) is 22.5 Å². The maximum Gasteiger partial charge on any atom is 0.239 e. The predicted octanol–water partition coefficient (Wildman–Crippen LogP) is 2.26. The second-order valence-corrected chi connectivity index (χ2v) is 5.11. The summed E-state index contributed by atoms with van der Waals surface area (Å²) in [5.41, 5.74) is 1.22.